The molecule has 0 fully saturated rings. The van der Waals surface area contributed by atoms with Gasteiger partial charge in [0.1, 0.15) is 18.0 Å². The van der Waals surface area contributed by atoms with E-state index in [1.54, 1.807) is 6.08 Å². The zero-order chi connectivity index (χ0) is 27.0. The Labute approximate surface area is 211 Å². The minimum absolute atomic E-state index is 0.0565. The van der Waals surface area contributed by atoms with Crippen LogP contribution < -0.4 is 4.31 Å². The number of benzene rings is 1. The van der Waals surface area contributed by atoms with Crippen molar-refractivity contribution in [2.24, 2.45) is 0 Å². The molecule has 1 aromatic carbocycles. The number of carbonyl (C=O) groups is 2. The van der Waals surface area contributed by atoms with Crippen LogP contribution >= 0.6 is 0 Å². The van der Waals surface area contributed by atoms with Gasteiger partial charge >= 0.3 is 5.97 Å². The van der Waals surface area contributed by atoms with Crippen LogP contribution in [0.15, 0.2) is 30.3 Å². The Hall–Kier alpha value is -3.18. The molecule has 1 N–H and O–H groups in total. The van der Waals surface area contributed by atoms with E-state index in [-0.39, 0.29) is 24.9 Å². The van der Waals surface area contributed by atoms with Gasteiger partial charge in [0.15, 0.2) is 0 Å². The first-order valence-electron chi connectivity index (χ1n) is 11.5. The first-order valence-corrected chi connectivity index (χ1v) is 13.3. The number of aliphatic hydroxyl groups is 1. The van der Waals surface area contributed by atoms with E-state index in [1.165, 1.54) is 37.4 Å². The van der Waals surface area contributed by atoms with Crippen LogP contribution in [-0.2, 0) is 24.3 Å². The number of anilines is 1. The molecule has 0 aliphatic rings. The fraction of sp³-hybridized carbons (Fsp3) is 0.440. The quantitative estimate of drug-likeness (QED) is 0.332. The third-order valence-electron chi connectivity index (χ3n) is 5.14. The van der Waals surface area contributed by atoms with E-state index in [0.29, 0.717) is 28.9 Å². The molecule has 11 heteroatoms. The maximum atomic E-state index is 13.6. The van der Waals surface area contributed by atoms with E-state index >= 15 is 0 Å². The Morgan fingerprint density at radius 3 is 2.39 bits per heavy atom. The number of carbonyl (C=O) groups excluding carboxylic acids is 2. The van der Waals surface area contributed by atoms with Crippen molar-refractivity contribution in [1.82, 2.24) is 9.97 Å². The summed E-state index contributed by atoms with van der Waals surface area (Å²) >= 11 is 0. The molecule has 1 unspecified atom stereocenters. The van der Waals surface area contributed by atoms with Crippen LogP contribution in [0.4, 0.5) is 10.3 Å². The first kappa shape index (κ1) is 29.1. The highest BCUT2D eigenvalue weighted by Crippen LogP contribution is 2.31. The van der Waals surface area contributed by atoms with Crippen LogP contribution in [0.5, 0.6) is 0 Å². The van der Waals surface area contributed by atoms with Crippen molar-refractivity contribution >= 4 is 33.8 Å². The second-order valence-electron chi connectivity index (χ2n) is 8.63. The smallest absolute Gasteiger partial charge is 0.313 e. The molecule has 0 amide bonds. The fourth-order valence-corrected chi connectivity index (χ4v) is 3.58. The average molecular weight is 522 g/mol. The van der Waals surface area contributed by atoms with Gasteiger partial charge in [0.25, 0.3) is 0 Å². The number of aromatic nitrogens is 2. The molecule has 0 bridgehead atoms. The van der Waals surface area contributed by atoms with Crippen LogP contribution in [0.2, 0.25) is 0 Å². The molecule has 0 aliphatic heterocycles. The van der Waals surface area contributed by atoms with E-state index in [4.69, 9.17) is 4.74 Å². The Kier molecular flexibility index (Phi) is 10.2. The van der Waals surface area contributed by atoms with Crippen molar-refractivity contribution in [3.63, 3.8) is 0 Å². The van der Waals surface area contributed by atoms with Gasteiger partial charge in [-0.05, 0) is 36.6 Å². The van der Waals surface area contributed by atoms with Crippen LogP contribution in [0, 0.1) is 5.82 Å². The largest absolute Gasteiger partial charge is 0.465 e. The third-order valence-corrected chi connectivity index (χ3v) is 6.30. The van der Waals surface area contributed by atoms with Crippen molar-refractivity contribution in [3.05, 3.63) is 47.4 Å². The van der Waals surface area contributed by atoms with Crippen molar-refractivity contribution < 1.29 is 32.2 Å². The Morgan fingerprint density at radius 2 is 1.83 bits per heavy atom. The van der Waals surface area contributed by atoms with Gasteiger partial charge in [-0.15, -0.1) is 0 Å². The molecule has 0 saturated carbocycles. The molecule has 196 valence electrons. The number of halogens is 1. The molecule has 36 heavy (non-hydrogen) atoms. The van der Waals surface area contributed by atoms with E-state index in [2.05, 4.69) is 9.97 Å². The second kappa shape index (κ2) is 12.7. The number of esters is 1. The van der Waals surface area contributed by atoms with Gasteiger partial charge in [0, 0.05) is 24.6 Å². The van der Waals surface area contributed by atoms with Gasteiger partial charge in [-0.2, -0.15) is 0 Å². The SMILES string of the molecule is CCCOC(=O)CC(=O)CC(O)/C=C/c1c(-c2ccc(F)cc2)nc(N(C)S(C)(=O)=O)nc1C(C)C. The van der Waals surface area contributed by atoms with E-state index in [0.717, 1.165) is 10.6 Å². The third kappa shape index (κ3) is 8.20. The lowest BCUT2D eigenvalue weighted by Gasteiger charge is -2.20. The predicted octanol–water partition coefficient (Wildman–Crippen LogP) is 3.48. The number of Topliss-reactive ketones (excluding diaryl/α,β-unsaturated/α-hetero) is 1. The summed E-state index contributed by atoms with van der Waals surface area (Å²) in [7, 11) is -2.32. The summed E-state index contributed by atoms with van der Waals surface area (Å²) in [6.45, 7) is 5.79. The summed E-state index contributed by atoms with van der Waals surface area (Å²) in [6.07, 6.45) is 2.67. The minimum Gasteiger partial charge on any atom is -0.465 e. The Balaban J connectivity index is 2.47. The summed E-state index contributed by atoms with van der Waals surface area (Å²) < 4.78 is 43.7. The molecule has 2 aromatic rings. The number of aliphatic hydroxyl groups excluding tert-OH is 1. The molecular weight excluding hydrogens is 489 g/mol. The molecule has 0 aliphatic carbocycles. The summed E-state index contributed by atoms with van der Waals surface area (Å²) in [4.78, 5) is 32.7. The molecule has 0 radical (unpaired) electrons. The fourth-order valence-electron chi connectivity index (χ4n) is 3.20. The highest BCUT2D eigenvalue weighted by atomic mass is 32.2. The number of ketones is 1. The number of hydrogen-bond donors (Lipinski definition) is 1. The number of nitrogens with zero attached hydrogens (tertiary/aromatic N) is 3. The zero-order valence-electron chi connectivity index (χ0n) is 21.1. The molecule has 1 heterocycles. The number of sulfonamides is 1. The molecule has 1 atom stereocenters. The van der Waals surface area contributed by atoms with Gasteiger partial charge in [-0.25, -0.2) is 27.1 Å². The predicted molar refractivity (Wildman–Crippen MR) is 135 cm³/mol. The number of ether oxygens (including phenoxy) is 1. The van der Waals surface area contributed by atoms with E-state index < -0.39 is 40.1 Å². The molecular formula is C25H32FN3O6S. The molecule has 2 rings (SSSR count). The monoisotopic (exact) mass is 521 g/mol. The van der Waals surface area contributed by atoms with Gasteiger partial charge in [0.05, 0.1) is 30.4 Å². The summed E-state index contributed by atoms with van der Waals surface area (Å²) in [5.74, 6) is -1.80. The highest BCUT2D eigenvalue weighted by Gasteiger charge is 2.22. The van der Waals surface area contributed by atoms with Gasteiger partial charge in [0.2, 0.25) is 16.0 Å². The van der Waals surface area contributed by atoms with Crippen molar-refractivity contribution in [2.45, 2.75) is 52.1 Å². The van der Waals surface area contributed by atoms with Crippen molar-refractivity contribution in [2.75, 3.05) is 24.2 Å². The van der Waals surface area contributed by atoms with Crippen LogP contribution in [0.1, 0.15) is 57.2 Å². The van der Waals surface area contributed by atoms with E-state index in [9.17, 15) is 27.5 Å². The molecule has 0 spiro atoms. The topological polar surface area (TPSA) is 127 Å². The average Bonchev–Trinajstić information content (AvgIpc) is 2.80. The molecule has 9 nitrogen and oxygen atoms in total. The Morgan fingerprint density at radius 1 is 1.19 bits per heavy atom. The maximum Gasteiger partial charge on any atom is 0.313 e. The summed E-state index contributed by atoms with van der Waals surface area (Å²) in [5.41, 5.74) is 1.81. The minimum atomic E-state index is -3.66. The number of hydrogen-bond acceptors (Lipinski definition) is 8. The first-order chi connectivity index (χ1) is 16.8. The van der Waals surface area contributed by atoms with Crippen molar-refractivity contribution in [3.8, 4) is 11.3 Å². The number of rotatable bonds is 12. The maximum absolute atomic E-state index is 13.6. The van der Waals surface area contributed by atoms with Crippen molar-refractivity contribution in [1.29, 1.82) is 0 Å². The lowest BCUT2D eigenvalue weighted by molar-refractivity contribution is -0.146. The van der Waals surface area contributed by atoms with Gasteiger partial charge in [-0.3, -0.25) is 9.59 Å². The van der Waals surface area contributed by atoms with Gasteiger partial charge in [-0.1, -0.05) is 32.9 Å². The standard InChI is InChI=1S/C25H32FN3O6S/c1-6-13-35-22(32)15-20(31)14-19(30)11-12-21-23(16(2)3)27-25(29(4)36(5,33)34)28-24(21)17-7-9-18(26)10-8-17/h7-12,16,19,30H,6,13-15H2,1-5H3/b12-11+. The van der Waals surface area contributed by atoms with E-state index in [1.807, 2.05) is 20.8 Å². The zero-order valence-corrected chi connectivity index (χ0v) is 21.9. The highest BCUT2D eigenvalue weighted by molar-refractivity contribution is 7.92. The van der Waals surface area contributed by atoms with Gasteiger partial charge < -0.3 is 9.84 Å². The van der Waals surface area contributed by atoms with Crippen LogP contribution in [-0.4, -0.2) is 61.3 Å². The van der Waals surface area contributed by atoms with Crippen LogP contribution in [0.3, 0.4) is 0 Å². The Bertz CT molecular complexity index is 1210. The lowest BCUT2D eigenvalue weighted by atomic mass is 9.97. The molecule has 0 saturated heterocycles. The lowest BCUT2D eigenvalue weighted by Crippen LogP contribution is -2.27. The second-order valence-corrected chi connectivity index (χ2v) is 10.6. The summed E-state index contributed by atoms with van der Waals surface area (Å²) in [6, 6.07) is 5.52. The molecule has 1 aromatic heterocycles. The normalized spacial score (nSPS) is 12.7. The summed E-state index contributed by atoms with van der Waals surface area (Å²) in [5, 5.41) is 10.4. The van der Waals surface area contributed by atoms with Crippen LogP contribution in [0.25, 0.3) is 17.3 Å².